The Morgan fingerprint density at radius 1 is 1.42 bits per heavy atom. The molecule has 0 bridgehead atoms. The van der Waals surface area contributed by atoms with Crippen LogP contribution in [0.3, 0.4) is 0 Å². The van der Waals surface area contributed by atoms with E-state index in [2.05, 4.69) is 23.3 Å². The Hall–Kier alpha value is -1.32. The number of thiophene rings is 1. The second-order valence-corrected chi connectivity index (χ2v) is 6.15. The molecule has 1 unspecified atom stereocenters. The number of anilines is 1. The van der Waals surface area contributed by atoms with Gasteiger partial charge in [-0.05, 0) is 48.6 Å². The van der Waals surface area contributed by atoms with Gasteiger partial charge in [-0.15, -0.1) is 11.3 Å². The number of carbonyl (C=O) groups excluding carboxylic acids is 1. The van der Waals surface area contributed by atoms with Gasteiger partial charge in [-0.3, -0.25) is 4.79 Å². The van der Waals surface area contributed by atoms with Crippen LogP contribution in [-0.4, -0.2) is 12.8 Å². The molecule has 3 rings (SSSR count). The average Bonchev–Trinajstić information content (AvgIpc) is 2.88. The Morgan fingerprint density at radius 2 is 2.26 bits per heavy atom. The van der Waals surface area contributed by atoms with Crippen molar-refractivity contribution in [1.29, 1.82) is 0 Å². The van der Waals surface area contributed by atoms with Crippen molar-refractivity contribution in [2.75, 3.05) is 11.4 Å². The van der Waals surface area contributed by atoms with E-state index in [4.69, 9.17) is 11.6 Å². The van der Waals surface area contributed by atoms with E-state index in [9.17, 15) is 4.79 Å². The van der Waals surface area contributed by atoms with Gasteiger partial charge >= 0.3 is 0 Å². The Morgan fingerprint density at radius 3 is 3.00 bits per heavy atom. The molecule has 2 heterocycles. The molecule has 1 aromatic carbocycles. The van der Waals surface area contributed by atoms with Gasteiger partial charge in [-0.1, -0.05) is 11.6 Å². The molecular formula is C15H14ClNOS. The summed E-state index contributed by atoms with van der Waals surface area (Å²) < 4.78 is 0. The maximum atomic E-state index is 10.8. The van der Waals surface area contributed by atoms with E-state index in [1.54, 1.807) is 6.07 Å². The summed E-state index contributed by atoms with van der Waals surface area (Å²) in [6.07, 6.45) is 1.87. The predicted molar refractivity (Wildman–Crippen MR) is 80.6 cm³/mol. The number of rotatable bonds is 2. The molecule has 1 aliphatic heterocycles. The number of hydrogen-bond donors (Lipinski definition) is 0. The van der Waals surface area contributed by atoms with Gasteiger partial charge in [0.1, 0.15) is 0 Å². The predicted octanol–water partition coefficient (Wildman–Crippen LogP) is 4.34. The van der Waals surface area contributed by atoms with Crippen molar-refractivity contribution in [2.45, 2.75) is 19.4 Å². The quantitative estimate of drug-likeness (QED) is 0.767. The van der Waals surface area contributed by atoms with Gasteiger partial charge in [-0.2, -0.15) is 0 Å². The summed E-state index contributed by atoms with van der Waals surface area (Å²) in [5.74, 6) is 0. The monoisotopic (exact) mass is 291 g/mol. The van der Waals surface area contributed by atoms with Crippen LogP contribution in [0, 0.1) is 0 Å². The lowest BCUT2D eigenvalue weighted by Crippen LogP contribution is -2.33. The molecule has 1 atom stereocenters. The van der Waals surface area contributed by atoms with E-state index in [0.717, 1.165) is 24.9 Å². The van der Waals surface area contributed by atoms with Crippen molar-refractivity contribution >= 4 is 34.9 Å². The highest BCUT2D eigenvalue weighted by Crippen LogP contribution is 2.36. The molecule has 19 heavy (non-hydrogen) atoms. The molecule has 0 saturated heterocycles. The highest BCUT2D eigenvalue weighted by atomic mass is 35.5. The van der Waals surface area contributed by atoms with E-state index in [1.165, 1.54) is 10.4 Å². The lowest BCUT2D eigenvalue weighted by molar-refractivity contribution is 0.112. The van der Waals surface area contributed by atoms with Crippen molar-refractivity contribution in [1.82, 2.24) is 0 Å². The standard InChI is InChI=1S/C15H14ClNOS/c1-10-13-5-7-19-15(13)4-6-17(10)12-3-2-11(9-18)14(16)8-12/h2-3,5,7-10H,4,6H2,1H3. The zero-order valence-corrected chi connectivity index (χ0v) is 12.2. The maximum absolute atomic E-state index is 10.8. The number of aldehydes is 1. The molecule has 98 valence electrons. The number of carbonyl (C=O) groups is 1. The van der Waals surface area contributed by atoms with E-state index >= 15 is 0 Å². The highest BCUT2D eigenvalue weighted by Gasteiger charge is 2.25. The van der Waals surface area contributed by atoms with Crippen molar-refractivity contribution in [3.05, 3.63) is 50.7 Å². The van der Waals surface area contributed by atoms with Gasteiger partial charge in [0.2, 0.25) is 0 Å². The van der Waals surface area contributed by atoms with E-state index in [-0.39, 0.29) is 0 Å². The molecular weight excluding hydrogens is 278 g/mol. The van der Waals surface area contributed by atoms with Crippen LogP contribution in [0.1, 0.15) is 33.8 Å². The third-order valence-corrected chi connectivity index (χ3v) is 5.04. The maximum Gasteiger partial charge on any atom is 0.151 e. The molecule has 0 aliphatic carbocycles. The van der Waals surface area contributed by atoms with Crippen LogP contribution in [0.25, 0.3) is 0 Å². The van der Waals surface area contributed by atoms with Gasteiger partial charge in [0.15, 0.2) is 6.29 Å². The van der Waals surface area contributed by atoms with Crippen LogP contribution in [0.2, 0.25) is 5.02 Å². The molecule has 0 N–H and O–H groups in total. The first kappa shape index (κ1) is 12.7. The number of nitrogens with zero attached hydrogens (tertiary/aromatic N) is 1. The average molecular weight is 292 g/mol. The number of hydrogen-bond acceptors (Lipinski definition) is 3. The number of halogens is 1. The SMILES string of the molecule is CC1c2ccsc2CCN1c1ccc(C=O)c(Cl)c1. The second-order valence-electron chi connectivity index (χ2n) is 4.74. The van der Waals surface area contributed by atoms with Gasteiger partial charge in [-0.25, -0.2) is 0 Å². The molecule has 1 aliphatic rings. The Labute approximate surface area is 121 Å². The Balaban J connectivity index is 1.95. The minimum atomic E-state index is 0.355. The summed E-state index contributed by atoms with van der Waals surface area (Å²) in [6.45, 7) is 3.21. The molecule has 4 heteroatoms. The van der Waals surface area contributed by atoms with Crippen LogP contribution in [0.4, 0.5) is 5.69 Å². The molecule has 0 radical (unpaired) electrons. The normalized spacial score (nSPS) is 18.2. The van der Waals surface area contributed by atoms with Gasteiger partial charge in [0, 0.05) is 22.7 Å². The Bertz CT molecular complexity index is 622. The van der Waals surface area contributed by atoms with Crippen LogP contribution in [-0.2, 0) is 6.42 Å². The first-order chi connectivity index (χ1) is 9.20. The second kappa shape index (κ2) is 4.99. The molecule has 0 saturated carbocycles. The summed E-state index contributed by atoms with van der Waals surface area (Å²) >= 11 is 7.96. The van der Waals surface area contributed by atoms with Crippen molar-refractivity contribution < 1.29 is 4.79 Å². The zero-order valence-electron chi connectivity index (χ0n) is 10.6. The minimum absolute atomic E-state index is 0.355. The molecule has 0 fully saturated rings. The zero-order chi connectivity index (χ0) is 13.4. The summed E-state index contributed by atoms with van der Waals surface area (Å²) in [7, 11) is 0. The fourth-order valence-electron chi connectivity index (χ4n) is 2.65. The van der Waals surface area contributed by atoms with Gasteiger partial charge < -0.3 is 4.90 Å². The molecule has 2 nitrogen and oxygen atoms in total. The summed E-state index contributed by atoms with van der Waals surface area (Å²) in [5, 5.41) is 2.68. The van der Waals surface area contributed by atoms with Crippen molar-refractivity contribution in [2.24, 2.45) is 0 Å². The topological polar surface area (TPSA) is 20.3 Å². The van der Waals surface area contributed by atoms with E-state index in [1.807, 2.05) is 23.5 Å². The molecule has 0 amide bonds. The van der Waals surface area contributed by atoms with Crippen LogP contribution < -0.4 is 4.90 Å². The highest BCUT2D eigenvalue weighted by molar-refractivity contribution is 7.10. The van der Waals surface area contributed by atoms with Crippen molar-refractivity contribution in [3.63, 3.8) is 0 Å². The third-order valence-electron chi connectivity index (χ3n) is 3.72. The van der Waals surface area contributed by atoms with Crippen LogP contribution in [0.5, 0.6) is 0 Å². The van der Waals surface area contributed by atoms with Crippen LogP contribution >= 0.6 is 22.9 Å². The first-order valence-electron chi connectivity index (χ1n) is 6.28. The Kier molecular flexibility index (Phi) is 3.33. The van der Waals surface area contributed by atoms with Gasteiger partial charge in [0.25, 0.3) is 0 Å². The summed E-state index contributed by atoms with van der Waals surface area (Å²) in [4.78, 5) is 14.6. The van der Waals surface area contributed by atoms with E-state index < -0.39 is 0 Å². The molecule has 0 spiro atoms. The first-order valence-corrected chi connectivity index (χ1v) is 7.54. The fourth-order valence-corrected chi connectivity index (χ4v) is 3.83. The number of fused-ring (bicyclic) bond motifs is 1. The van der Waals surface area contributed by atoms with Gasteiger partial charge in [0.05, 0.1) is 11.1 Å². The van der Waals surface area contributed by atoms with Crippen molar-refractivity contribution in [3.8, 4) is 0 Å². The van der Waals surface area contributed by atoms with Crippen LogP contribution in [0.15, 0.2) is 29.6 Å². The number of benzene rings is 1. The van der Waals surface area contributed by atoms with E-state index in [0.29, 0.717) is 16.6 Å². The smallest absolute Gasteiger partial charge is 0.151 e. The largest absolute Gasteiger partial charge is 0.364 e. The fraction of sp³-hybridized carbons (Fsp3) is 0.267. The molecule has 1 aromatic heterocycles. The minimum Gasteiger partial charge on any atom is -0.364 e. The summed E-state index contributed by atoms with van der Waals surface area (Å²) in [5.41, 5.74) is 3.04. The lowest BCUT2D eigenvalue weighted by atomic mass is 10.0. The summed E-state index contributed by atoms with van der Waals surface area (Å²) in [6, 6.07) is 8.22. The lowest BCUT2D eigenvalue weighted by Gasteiger charge is -2.35. The molecule has 2 aromatic rings. The third kappa shape index (κ3) is 2.17.